The molecule has 2 aliphatic rings. The molecule has 1 aliphatic heterocycles. The zero-order valence-corrected chi connectivity index (χ0v) is 8.79. The SMILES string of the molecule is C=C1CN(C(C)C)CCN1C1CC1. The predicted molar refractivity (Wildman–Crippen MR) is 55.6 cm³/mol. The monoisotopic (exact) mass is 180 g/mol. The molecule has 2 rings (SSSR count). The first-order valence-electron chi connectivity index (χ1n) is 5.37. The molecule has 2 nitrogen and oxygen atoms in total. The molecule has 1 saturated carbocycles. The maximum Gasteiger partial charge on any atom is 0.0381 e. The van der Waals surface area contributed by atoms with E-state index in [0.717, 1.165) is 12.6 Å². The third kappa shape index (κ3) is 1.88. The van der Waals surface area contributed by atoms with E-state index in [0.29, 0.717) is 6.04 Å². The summed E-state index contributed by atoms with van der Waals surface area (Å²) in [7, 11) is 0. The molecular weight excluding hydrogens is 160 g/mol. The second-order valence-corrected chi connectivity index (χ2v) is 4.56. The van der Waals surface area contributed by atoms with Crippen molar-refractivity contribution in [1.29, 1.82) is 0 Å². The van der Waals surface area contributed by atoms with Crippen LogP contribution < -0.4 is 0 Å². The van der Waals surface area contributed by atoms with Gasteiger partial charge in [-0.25, -0.2) is 0 Å². The molecular formula is C11H20N2. The van der Waals surface area contributed by atoms with Crippen LogP contribution in [0.1, 0.15) is 26.7 Å². The summed E-state index contributed by atoms with van der Waals surface area (Å²) in [5, 5.41) is 0. The first-order chi connectivity index (χ1) is 6.18. The van der Waals surface area contributed by atoms with Gasteiger partial charge in [-0.3, -0.25) is 4.90 Å². The Balaban J connectivity index is 1.91. The normalized spacial score (nSPS) is 25.8. The lowest BCUT2D eigenvalue weighted by molar-refractivity contribution is 0.143. The number of hydrogen-bond donors (Lipinski definition) is 0. The topological polar surface area (TPSA) is 6.48 Å². The van der Waals surface area contributed by atoms with Gasteiger partial charge >= 0.3 is 0 Å². The summed E-state index contributed by atoms with van der Waals surface area (Å²) in [4.78, 5) is 5.01. The van der Waals surface area contributed by atoms with Gasteiger partial charge in [0, 0.05) is 37.4 Å². The quantitative estimate of drug-likeness (QED) is 0.638. The van der Waals surface area contributed by atoms with Gasteiger partial charge in [-0.15, -0.1) is 0 Å². The van der Waals surface area contributed by atoms with Crippen LogP contribution in [0.3, 0.4) is 0 Å². The molecule has 13 heavy (non-hydrogen) atoms. The molecule has 2 fully saturated rings. The summed E-state index contributed by atoms with van der Waals surface area (Å²) < 4.78 is 0. The Kier molecular flexibility index (Phi) is 2.33. The fourth-order valence-corrected chi connectivity index (χ4v) is 2.07. The molecule has 0 aromatic heterocycles. The number of piperazine rings is 1. The Morgan fingerprint density at radius 1 is 1.31 bits per heavy atom. The molecule has 0 aromatic rings. The molecule has 1 aliphatic carbocycles. The van der Waals surface area contributed by atoms with E-state index in [2.05, 4.69) is 30.2 Å². The van der Waals surface area contributed by atoms with Gasteiger partial charge in [0.2, 0.25) is 0 Å². The van der Waals surface area contributed by atoms with Crippen LogP contribution in [0.5, 0.6) is 0 Å². The van der Waals surface area contributed by atoms with Crippen molar-refractivity contribution < 1.29 is 0 Å². The van der Waals surface area contributed by atoms with Crippen LogP contribution in [-0.2, 0) is 0 Å². The summed E-state index contributed by atoms with van der Waals surface area (Å²) in [6.07, 6.45) is 2.78. The van der Waals surface area contributed by atoms with Crippen molar-refractivity contribution in [2.45, 2.75) is 38.8 Å². The molecule has 0 unspecified atom stereocenters. The van der Waals surface area contributed by atoms with E-state index in [9.17, 15) is 0 Å². The van der Waals surface area contributed by atoms with Crippen LogP contribution in [-0.4, -0.2) is 41.5 Å². The van der Waals surface area contributed by atoms with Crippen molar-refractivity contribution in [3.05, 3.63) is 12.3 Å². The van der Waals surface area contributed by atoms with Gasteiger partial charge in [0.25, 0.3) is 0 Å². The first-order valence-corrected chi connectivity index (χ1v) is 5.37. The molecule has 0 N–H and O–H groups in total. The van der Waals surface area contributed by atoms with Crippen molar-refractivity contribution in [3.63, 3.8) is 0 Å². The third-order valence-corrected chi connectivity index (χ3v) is 3.14. The average molecular weight is 180 g/mol. The highest BCUT2D eigenvalue weighted by atomic mass is 15.3. The molecule has 1 saturated heterocycles. The van der Waals surface area contributed by atoms with Gasteiger partial charge in [-0.2, -0.15) is 0 Å². The zero-order chi connectivity index (χ0) is 9.42. The molecule has 0 atom stereocenters. The minimum atomic E-state index is 0.665. The minimum absolute atomic E-state index is 0.665. The lowest BCUT2D eigenvalue weighted by Gasteiger charge is -2.39. The summed E-state index contributed by atoms with van der Waals surface area (Å²) in [6, 6.07) is 1.51. The van der Waals surface area contributed by atoms with Crippen LogP contribution >= 0.6 is 0 Å². The van der Waals surface area contributed by atoms with E-state index in [1.165, 1.54) is 31.6 Å². The van der Waals surface area contributed by atoms with Gasteiger partial charge in [0.1, 0.15) is 0 Å². The summed E-state index contributed by atoms with van der Waals surface area (Å²) in [5.74, 6) is 0. The molecule has 0 spiro atoms. The highest BCUT2D eigenvalue weighted by molar-refractivity contribution is 5.06. The van der Waals surface area contributed by atoms with E-state index >= 15 is 0 Å². The lowest BCUT2D eigenvalue weighted by Crippen LogP contribution is -2.47. The summed E-state index contributed by atoms with van der Waals surface area (Å²) in [5.41, 5.74) is 1.34. The van der Waals surface area contributed by atoms with Gasteiger partial charge in [-0.05, 0) is 26.7 Å². The Bertz CT molecular complexity index is 206. The Labute approximate surface area is 81.2 Å². The maximum absolute atomic E-state index is 4.17. The van der Waals surface area contributed by atoms with Crippen LogP contribution in [0.15, 0.2) is 12.3 Å². The van der Waals surface area contributed by atoms with Crippen molar-refractivity contribution in [2.24, 2.45) is 0 Å². The van der Waals surface area contributed by atoms with Crippen LogP contribution in [0.25, 0.3) is 0 Å². The molecule has 0 radical (unpaired) electrons. The van der Waals surface area contributed by atoms with Gasteiger partial charge in [-0.1, -0.05) is 6.58 Å². The number of hydrogen-bond acceptors (Lipinski definition) is 2. The first kappa shape index (κ1) is 9.07. The highest BCUT2D eigenvalue weighted by Gasteiger charge is 2.32. The molecule has 74 valence electrons. The highest BCUT2D eigenvalue weighted by Crippen LogP contribution is 2.31. The second kappa shape index (κ2) is 3.33. The van der Waals surface area contributed by atoms with Crippen LogP contribution in [0.4, 0.5) is 0 Å². The average Bonchev–Trinajstić information content (AvgIpc) is 2.87. The lowest BCUT2D eigenvalue weighted by atomic mass is 10.2. The zero-order valence-electron chi connectivity index (χ0n) is 8.79. The number of rotatable bonds is 2. The smallest absolute Gasteiger partial charge is 0.0381 e. The van der Waals surface area contributed by atoms with Crippen LogP contribution in [0.2, 0.25) is 0 Å². The maximum atomic E-state index is 4.17. The fourth-order valence-electron chi connectivity index (χ4n) is 2.07. The van der Waals surface area contributed by atoms with E-state index in [-0.39, 0.29) is 0 Å². The molecule has 2 heteroatoms. The van der Waals surface area contributed by atoms with E-state index in [1.807, 2.05) is 0 Å². The Morgan fingerprint density at radius 2 is 2.00 bits per heavy atom. The Morgan fingerprint density at radius 3 is 2.46 bits per heavy atom. The van der Waals surface area contributed by atoms with Crippen molar-refractivity contribution >= 4 is 0 Å². The second-order valence-electron chi connectivity index (χ2n) is 4.56. The van der Waals surface area contributed by atoms with E-state index in [4.69, 9.17) is 0 Å². The minimum Gasteiger partial charge on any atom is -0.370 e. The summed E-state index contributed by atoms with van der Waals surface area (Å²) in [6.45, 7) is 12.2. The van der Waals surface area contributed by atoms with Gasteiger partial charge in [0.05, 0.1) is 0 Å². The predicted octanol–water partition coefficient (Wildman–Crippen LogP) is 1.69. The van der Waals surface area contributed by atoms with Crippen molar-refractivity contribution in [3.8, 4) is 0 Å². The van der Waals surface area contributed by atoms with E-state index in [1.54, 1.807) is 0 Å². The van der Waals surface area contributed by atoms with Gasteiger partial charge in [0.15, 0.2) is 0 Å². The molecule has 0 amide bonds. The van der Waals surface area contributed by atoms with Crippen molar-refractivity contribution in [2.75, 3.05) is 19.6 Å². The van der Waals surface area contributed by atoms with E-state index < -0.39 is 0 Å². The summed E-state index contributed by atoms with van der Waals surface area (Å²) >= 11 is 0. The standard InChI is InChI=1S/C11H20N2/c1-9(2)12-6-7-13(10(3)8-12)11-4-5-11/h9,11H,3-8H2,1-2H3. The van der Waals surface area contributed by atoms with Crippen molar-refractivity contribution in [1.82, 2.24) is 9.80 Å². The van der Waals surface area contributed by atoms with Gasteiger partial charge < -0.3 is 4.90 Å². The fraction of sp³-hybridized carbons (Fsp3) is 0.818. The number of nitrogens with zero attached hydrogens (tertiary/aromatic N) is 2. The molecule has 0 aromatic carbocycles. The van der Waals surface area contributed by atoms with Crippen LogP contribution in [0, 0.1) is 0 Å². The molecule has 0 bridgehead atoms. The Hall–Kier alpha value is -0.500. The third-order valence-electron chi connectivity index (χ3n) is 3.14. The largest absolute Gasteiger partial charge is 0.370 e. The molecule has 1 heterocycles.